The number of halogens is 3. The molecule has 7 nitrogen and oxygen atoms in total. The van der Waals surface area contributed by atoms with Crippen molar-refractivity contribution in [1.82, 2.24) is 26.0 Å². The van der Waals surface area contributed by atoms with Crippen molar-refractivity contribution < 1.29 is 22.8 Å². The maximum atomic E-state index is 13.8. The van der Waals surface area contributed by atoms with Gasteiger partial charge in [0.15, 0.2) is 0 Å². The number of hydrogen-bond donors (Lipinski definition) is 3. The number of alkyl halides is 3. The summed E-state index contributed by atoms with van der Waals surface area (Å²) >= 11 is 0. The van der Waals surface area contributed by atoms with Crippen molar-refractivity contribution in [1.29, 1.82) is 0 Å². The molecule has 10 heteroatoms. The van der Waals surface area contributed by atoms with Crippen molar-refractivity contribution in [3.63, 3.8) is 0 Å². The first-order valence-corrected chi connectivity index (χ1v) is 10.3. The van der Waals surface area contributed by atoms with Gasteiger partial charge in [-0.15, -0.1) is 0 Å². The second kappa shape index (κ2) is 8.16. The standard InChI is InChI=1S/C21H26F3N5O2/c1-12-15(19(30)26-14-8-10-28(2)11-9-14)20(31)29-18(25-12)16(13-6-4-3-5-7-13)17(27-29)21(22,23)24/h3-7,14,16-18,25,27H,8-11H2,1-2H3,(H,26,30). The van der Waals surface area contributed by atoms with Gasteiger partial charge in [0.25, 0.3) is 11.8 Å². The first-order valence-electron chi connectivity index (χ1n) is 10.3. The molecule has 168 valence electrons. The van der Waals surface area contributed by atoms with Crippen LogP contribution in [0.3, 0.4) is 0 Å². The second-order valence-corrected chi connectivity index (χ2v) is 8.40. The van der Waals surface area contributed by atoms with Crippen molar-refractivity contribution in [2.75, 3.05) is 20.1 Å². The van der Waals surface area contributed by atoms with Crippen LogP contribution in [-0.4, -0.2) is 66.3 Å². The molecule has 2 amide bonds. The van der Waals surface area contributed by atoms with Gasteiger partial charge in [0.05, 0.1) is 5.92 Å². The Morgan fingerprint density at radius 1 is 1.16 bits per heavy atom. The Bertz CT molecular complexity index is 881. The number of rotatable bonds is 3. The number of nitrogens with zero attached hydrogens (tertiary/aromatic N) is 2. The van der Waals surface area contributed by atoms with Crippen molar-refractivity contribution in [2.45, 2.75) is 50.1 Å². The van der Waals surface area contributed by atoms with E-state index in [2.05, 4.69) is 21.0 Å². The fourth-order valence-electron chi connectivity index (χ4n) is 4.57. The van der Waals surface area contributed by atoms with E-state index in [1.54, 1.807) is 37.3 Å². The Morgan fingerprint density at radius 3 is 2.42 bits per heavy atom. The molecule has 0 spiro atoms. The highest BCUT2D eigenvalue weighted by Crippen LogP contribution is 2.41. The Hall–Kier alpha value is -2.59. The van der Waals surface area contributed by atoms with Gasteiger partial charge in [-0.25, -0.2) is 10.4 Å². The summed E-state index contributed by atoms with van der Waals surface area (Å²) in [5, 5.41) is 6.78. The molecule has 3 atom stereocenters. The normalized spacial score (nSPS) is 27.8. The van der Waals surface area contributed by atoms with Crippen LogP contribution in [0.2, 0.25) is 0 Å². The van der Waals surface area contributed by atoms with Crippen LogP contribution >= 0.6 is 0 Å². The van der Waals surface area contributed by atoms with E-state index in [0.717, 1.165) is 30.9 Å². The minimum atomic E-state index is -4.58. The maximum absolute atomic E-state index is 13.8. The zero-order valence-corrected chi connectivity index (χ0v) is 17.4. The number of fused-ring (bicyclic) bond motifs is 1. The molecule has 3 aliphatic heterocycles. The SMILES string of the molecule is CC1=C(C(=O)NC2CCN(C)CC2)C(=O)N2NC(C(F)(F)F)C(c3ccccc3)C2N1. The Balaban J connectivity index is 1.59. The van der Waals surface area contributed by atoms with Crippen LogP contribution in [0.4, 0.5) is 13.2 Å². The fourth-order valence-corrected chi connectivity index (χ4v) is 4.57. The molecule has 0 aromatic heterocycles. The highest BCUT2D eigenvalue weighted by Gasteiger charge is 2.58. The zero-order chi connectivity index (χ0) is 22.3. The summed E-state index contributed by atoms with van der Waals surface area (Å²) in [5.74, 6) is -2.37. The van der Waals surface area contributed by atoms with E-state index in [1.165, 1.54) is 0 Å². The summed E-state index contributed by atoms with van der Waals surface area (Å²) < 4.78 is 41.5. The molecular weight excluding hydrogens is 411 g/mol. The van der Waals surface area contributed by atoms with Gasteiger partial charge in [-0.05, 0) is 45.5 Å². The molecule has 0 bridgehead atoms. The highest BCUT2D eigenvalue weighted by atomic mass is 19.4. The fraction of sp³-hybridized carbons (Fsp3) is 0.524. The van der Waals surface area contributed by atoms with Gasteiger partial charge in [0, 0.05) is 11.7 Å². The van der Waals surface area contributed by atoms with Crippen molar-refractivity contribution in [3.05, 3.63) is 47.2 Å². The molecule has 0 aliphatic carbocycles. The zero-order valence-electron chi connectivity index (χ0n) is 17.4. The maximum Gasteiger partial charge on any atom is 0.406 e. The summed E-state index contributed by atoms with van der Waals surface area (Å²) in [6.45, 7) is 3.22. The summed E-state index contributed by atoms with van der Waals surface area (Å²) in [7, 11) is 2.00. The van der Waals surface area contributed by atoms with Gasteiger partial charge in [-0.2, -0.15) is 13.2 Å². The molecule has 31 heavy (non-hydrogen) atoms. The molecule has 3 heterocycles. The van der Waals surface area contributed by atoms with Crippen LogP contribution in [0.15, 0.2) is 41.6 Å². The summed E-state index contributed by atoms with van der Waals surface area (Å²) in [5.41, 5.74) is 2.90. The van der Waals surface area contributed by atoms with Crippen molar-refractivity contribution >= 4 is 11.8 Å². The van der Waals surface area contributed by atoms with Gasteiger partial charge in [0.1, 0.15) is 17.8 Å². The van der Waals surface area contributed by atoms with Crippen LogP contribution < -0.4 is 16.1 Å². The molecule has 0 saturated carbocycles. The molecule has 3 aliphatic rings. The number of allylic oxidation sites excluding steroid dienone is 1. The second-order valence-electron chi connectivity index (χ2n) is 8.40. The topological polar surface area (TPSA) is 76.7 Å². The number of likely N-dealkylation sites (tertiary alicyclic amines) is 1. The van der Waals surface area contributed by atoms with Gasteiger partial charge in [-0.1, -0.05) is 30.3 Å². The van der Waals surface area contributed by atoms with E-state index in [-0.39, 0.29) is 17.3 Å². The number of nitrogens with one attached hydrogen (secondary N) is 3. The quantitative estimate of drug-likeness (QED) is 0.625. The molecule has 1 aromatic rings. The first kappa shape index (κ1) is 21.6. The lowest BCUT2D eigenvalue weighted by molar-refractivity contribution is -0.161. The molecule has 2 fully saturated rings. The largest absolute Gasteiger partial charge is 0.406 e. The van der Waals surface area contributed by atoms with E-state index in [0.29, 0.717) is 5.56 Å². The summed E-state index contributed by atoms with van der Waals surface area (Å²) in [6.07, 6.45) is -4.02. The highest BCUT2D eigenvalue weighted by molar-refractivity contribution is 6.19. The molecular formula is C21H26F3N5O2. The average Bonchev–Trinajstić information content (AvgIpc) is 3.10. The first-order chi connectivity index (χ1) is 14.7. The monoisotopic (exact) mass is 437 g/mol. The minimum absolute atomic E-state index is 0.0685. The molecule has 2 saturated heterocycles. The van der Waals surface area contributed by atoms with Crippen LogP contribution in [0.5, 0.6) is 0 Å². The van der Waals surface area contributed by atoms with Gasteiger partial charge in [0.2, 0.25) is 0 Å². The van der Waals surface area contributed by atoms with E-state index in [9.17, 15) is 22.8 Å². The number of hydrogen-bond acceptors (Lipinski definition) is 5. The Kier molecular flexibility index (Phi) is 5.69. The van der Waals surface area contributed by atoms with Crippen molar-refractivity contribution in [3.8, 4) is 0 Å². The van der Waals surface area contributed by atoms with E-state index in [1.807, 2.05) is 7.05 Å². The third-order valence-corrected chi connectivity index (χ3v) is 6.25. The number of amides is 2. The van der Waals surface area contributed by atoms with Crippen LogP contribution in [0.1, 0.15) is 31.2 Å². The number of benzene rings is 1. The lowest BCUT2D eigenvalue weighted by atomic mass is 9.89. The van der Waals surface area contributed by atoms with E-state index in [4.69, 9.17) is 0 Å². The van der Waals surface area contributed by atoms with E-state index < -0.39 is 36.1 Å². The predicted octanol–water partition coefficient (Wildman–Crippen LogP) is 1.46. The Morgan fingerprint density at radius 2 is 1.81 bits per heavy atom. The van der Waals surface area contributed by atoms with Gasteiger partial charge < -0.3 is 15.5 Å². The average molecular weight is 437 g/mol. The Labute approximate surface area is 178 Å². The molecule has 4 rings (SSSR count). The minimum Gasteiger partial charge on any atom is -0.366 e. The van der Waals surface area contributed by atoms with Crippen molar-refractivity contribution in [2.24, 2.45) is 0 Å². The predicted molar refractivity (Wildman–Crippen MR) is 107 cm³/mol. The third kappa shape index (κ3) is 4.14. The van der Waals surface area contributed by atoms with Gasteiger partial charge in [-0.3, -0.25) is 9.59 Å². The van der Waals surface area contributed by atoms with Crippen LogP contribution in [0, 0.1) is 0 Å². The molecule has 3 unspecified atom stereocenters. The molecule has 1 aromatic carbocycles. The third-order valence-electron chi connectivity index (χ3n) is 6.25. The lowest BCUT2D eigenvalue weighted by Crippen LogP contribution is -2.57. The lowest BCUT2D eigenvalue weighted by Gasteiger charge is -2.35. The van der Waals surface area contributed by atoms with E-state index >= 15 is 0 Å². The van der Waals surface area contributed by atoms with Gasteiger partial charge >= 0.3 is 6.18 Å². The van der Waals surface area contributed by atoms with Crippen LogP contribution in [0.25, 0.3) is 0 Å². The number of carbonyl (C=O) groups excluding carboxylic acids is 2. The number of piperidine rings is 1. The smallest absolute Gasteiger partial charge is 0.366 e. The molecule has 3 N–H and O–H groups in total. The number of carbonyl (C=O) groups is 2. The molecule has 0 radical (unpaired) electrons. The summed E-state index contributed by atoms with van der Waals surface area (Å²) in [6, 6.07) is 6.26. The van der Waals surface area contributed by atoms with Crippen LogP contribution in [-0.2, 0) is 9.59 Å². The number of hydrazine groups is 1. The summed E-state index contributed by atoms with van der Waals surface area (Å²) in [4.78, 5) is 28.2.